The van der Waals surface area contributed by atoms with Gasteiger partial charge >= 0.3 is 0 Å². The zero-order valence-electron chi connectivity index (χ0n) is 7.39. The van der Waals surface area contributed by atoms with Crippen LogP contribution in [0.5, 0.6) is 0 Å². The maximum absolute atomic E-state index is 11.0. The molecule has 0 atom stereocenters. The van der Waals surface area contributed by atoms with Gasteiger partial charge < -0.3 is 10.7 Å². The lowest BCUT2D eigenvalue weighted by Gasteiger charge is -1.96. The van der Waals surface area contributed by atoms with E-state index in [1.54, 1.807) is 0 Å². The van der Waals surface area contributed by atoms with Crippen molar-refractivity contribution >= 4 is 17.7 Å². The van der Waals surface area contributed by atoms with Gasteiger partial charge in [0.05, 0.1) is 10.6 Å². The third-order valence-electron chi connectivity index (χ3n) is 1.92. The van der Waals surface area contributed by atoms with Crippen LogP contribution in [0.1, 0.15) is 21.6 Å². The highest BCUT2D eigenvalue weighted by Crippen LogP contribution is 2.24. The highest BCUT2D eigenvalue weighted by atomic mass is 32.2. The van der Waals surface area contributed by atoms with Gasteiger partial charge in [-0.2, -0.15) is 0 Å². The van der Waals surface area contributed by atoms with Crippen molar-refractivity contribution in [2.75, 3.05) is 6.26 Å². The molecule has 1 amide bonds. The molecule has 66 valence electrons. The first-order valence-electron chi connectivity index (χ1n) is 3.61. The number of H-pyrrole nitrogens is 1. The molecule has 12 heavy (non-hydrogen) atoms. The number of aryl methyl sites for hydroxylation is 1. The molecule has 3 N–H and O–H groups in total. The van der Waals surface area contributed by atoms with Crippen LogP contribution in [-0.2, 0) is 0 Å². The van der Waals surface area contributed by atoms with Crippen molar-refractivity contribution in [3.8, 4) is 0 Å². The Hall–Kier alpha value is -0.900. The van der Waals surface area contributed by atoms with Crippen LogP contribution in [0.4, 0.5) is 0 Å². The molecule has 0 bridgehead atoms. The molecule has 4 heteroatoms. The Morgan fingerprint density at radius 2 is 2.08 bits per heavy atom. The third kappa shape index (κ3) is 1.34. The Kier molecular flexibility index (Phi) is 2.47. The predicted molar refractivity (Wildman–Crippen MR) is 50.6 cm³/mol. The Morgan fingerprint density at radius 3 is 2.42 bits per heavy atom. The van der Waals surface area contributed by atoms with E-state index in [0.717, 1.165) is 16.3 Å². The number of nitrogens with one attached hydrogen (secondary N) is 1. The molecule has 0 aliphatic heterocycles. The Labute approximate surface area is 75.7 Å². The van der Waals surface area contributed by atoms with Crippen LogP contribution in [0, 0.1) is 13.8 Å². The molecular formula is C8H12N2OS. The first-order valence-corrected chi connectivity index (χ1v) is 4.83. The first-order chi connectivity index (χ1) is 5.57. The molecular weight excluding hydrogens is 172 g/mol. The summed E-state index contributed by atoms with van der Waals surface area (Å²) in [5, 5.41) is 0.859. The van der Waals surface area contributed by atoms with Gasteiger partial charge in [-0.1, -0.05) is 0 Å². The Bertz CT molecular complexity index is 317. The van der Waals surface area contributed by atoms with Gasteiger partial charge in [0.2, 0.25) is 0 Å². The van der Waals surface area contributed by atoms with Crippen LogP contribution in [0.2, 0.25) is 0 Å². The van der Waals surface area contributed by atoms with Gasteiger partial charge in [-0.05, 0) is 25.7 Å². The fourth-order valence-electron chi connectivity index (χ4n) is 1.13. The molecule has 1 aromatic heterocycles. The van der Waals surface area contributed by atoms with Crippen LogP contribution in [0.3, 0.4) is 0 Å². The zero-order chi connectivity index (χ0) is 9.30. The van der Waals surface area contributed by atoms with E-state index in [2.05, 4.69) is 4.98 Å². The number of hydrogen-bond acceptors (Lipinski definition) is 2. The topological polar surface area (TPSA) is 58.9 Å². The second kappa shape index (κ2) is 3.23. The van der Waals surface area contributed by atoms with E-state index in [9.17, 15) is 4.79 Å². The first kappa shape index (κ1) is 9.19. The van der Waals surface area contributed by atoms with Crippen LogP contribution < -0.4 is 5.73 Å². The van der Waals surface area contributed by atoms with Gasteiger partial charge in [0.25, 0.3) is 5.91 Å². The van der Waals surface area contributed by atoms with Crippen molar-refractivity contribution in [1.82, 2.24) is 4.98 Å². The summed E-state index contributed by atoms with van der Waals surface area (Å²) in [6, 6.07) is 0. The summed E-state index contributed by atoms with van der Waals surface area (Å²) < 4.78 is 0. The van der Waals surface area contributed by atoms with Crippen LogP contribution in [-0.4, -0.2) is 17.1 Å². The SMILES string of the molecule is CSc1[nH]c(C)c(C)c1C(N)=O. The number of thioether (sulfide) groups is 1. The van der Waals surface area contributed by atoms with Gasteiger partial charge in [-0.3, -0.25) is 4.79 Å². The van der Waals surface area contributed by atoms with Crippen molar-refractivity contribution in [2.45, 2.75) is 18.9 Å². The lowest BCUT2D eigenvalue weighted by atomic mass is 10.2. The number of nitrogens with two attached hydrogens (primary N) is 1. The lowest BCUT2D eigenvalue weighted by molar-refractivity contribution is 0.0997. The van der Waals surface area contributed by atoms with Crippen molar-refractivity contribution < 1.29 is 4.79 Å². The molecule has 0 unspecified atom stereocenters. The van der Waals surface area contributed by atoms with Gasteiger partial charge in [0.15, 0.2) is 0 Å². The van der Waals surface area contributed by atoms with E-state index >= 15 is 0 Å². The number of primary amides is 1. The lowest BCUT2D eigenvalue weighted by Crippen LogP contribution is -2.12. The monoisotopic (exact) mass is 184 g/mol. The van der Waals surface area contributed by atoms with Crippen LogP contribution in [0.15, 0.2) is 5.03 Å². The largest absolute Gasteiger partial charge is 0.366 e. The number of carbonyl (C=O) groups excluding carboxylic acids is 1. The minimum absolute atomic E-state index is 0.360. The Morgan fingerprint density at radius 1 is 1.50 bits per heavy atom. The standard InChI is InChI=1S/C8H12N2OS/c1-4-5(2)10-8(12-3)6(4)7(9)11/h10H,1-3H3,(H2,9,11). The molecule has 0 fully saturated rings. The van der Waals surface area contributed by atoms with Crippen molar-refractivity contribution in [1.29, 1.82) is 0 Å². The van der Waals surface area contributed by atoms with Crippen LogP contribution >= 0.6 is 11.8 Å². The van der Waals surface area contributed by atoms with Gasteiger partial charge in [0.1, 0.15) is 0 Å². The molecule has 0 radical (unpaired) electrons. The van der Waals surface area contributed by atoms with Crippen molar-refractivity contribution in [3.05, 3.63) is 16.8 Å². The molecule has 0 saturated heterocycles. The van der Waals surface area contributed by atoms with E-state index in [-0.39, 0.29) is 5.91 Å². The smallest absolute Gasteiger partial charge is 0.251 e. The minimum Gasteiger partial charge on any atom is -0.366 e. The summed E-state index contributed by atoms with van der Waals surface area (Å²) in [6.45, 7) is 3.83. The van der Waals surface area contributed by atoms with E-state index < -0.39 is 0 Å². The highest BCUT2D eigenvalue weighted by Gasteiger charge is 2.15. The maximum atomic E-state index is 11.0. The fourth-order valence-corrected chi connectivity index (χ4v) is 1.85. The van der Waals surface area contributed by atoms with E-state index in [1.807, 2.05) is 20.1 Å². The number of hydrogen-bond donors (Lipinski definition) is 2. The summed E-state index contributed by atoms with van der Waals surface area (Å²) in [4.78, 5) is 14.1. The summed E-state index contributed by atoms with van der Waals surface area (Å²) in [5.74, 6) is -0.360. The second-order valence-electron chi connectivity index (χ2n) is 2.65. The van der Waals surface area contributed by atoms with Gasteiger partial charge in [0, 0.05) is 5.69 Å². The van der Waals surface area contributed by atoms with E-state index in [4.69, 9.17) is 5.73 Å². The normalized spacial score (nSPS) is 10.2. The number of rotatable bonds is 2. The average molecular weight is 184 g/mol. The molecule has 3 nitrogen and oxygen atoms in total. The van der Waals surface area contributed by atoms with Crippen molar-refractivity contribution in [2.24, 2.45) is 5.73 Å². The molecule has 0 saturated carbocycles. The maximum Gasteiger partial charge on any atom is 0.251 e. The fraction of sp³-hybridized carbons (Fsp3) is 0.375. The van der Waals surface area contributed by atoms with Gasteiger partial charge in [-0.25, -0.2) is 0 Å². The molecule has 0 aromatic carbocycles. The second-order valence-corrected chi connectivity index (χ2v) is 3.46. The molecule has 1 rings (SSSR count). The average Bonchev–Trinajstić information content (AvgIpc) is 2.28. The summed E-state index contributed by atoms with van der Waals surface area (Å²) in [7, 11) is 0. The molecule has 0 aliphatic rings. The molecule has 0 spiro atoms. The predicted octanol–water partition coefficient (Wildman–Crippen LogP) is 1.45. The third-order valence-corrected chi connectivity index (χ3v) is 2.63. The molecule has 0 aliphatic carbocycles. The van der Waals surface area contributed by atoms with E-state index in [1.165, 1.54) is 11.8 Å². The zero-order valence-corrected chi connectivity index (χ0v) is 8.21. The number of amides is 1. The summed E-state index contributed by atoms with van der Waals surface area (Å²) in [6.07, 6.45) is 1.91. The Balaban J connectivity index is 3.31. The van der Waals surface area contributed by atoms with Gasteiger partial charge in [-0.15, -0.1) is 11.8 Å². The summed E-state index contributed by atoms with van der Waals surface area (Å²) >= 11 is 1.50. The minimum atomic E-state index is -0.360. The molecule has 1 aromatic rings. The number of aromatic amines is 1. The molecule has 1 heterocycles. The quantitative estimate of drug-likeness (QED) is 0.683. The van der Waals surface area contributed by atoms with E-state index in [0.29, 0.717) is 5.56 Å². The number of carbonyl (C=O) groups is 1. The van der Waals surface area contributed by atoms with Crippen LogP contribution in [0.25, 0.3) is 0 Å². The number of aromatic nitrogens is 1. The summed E-state index contributed by atoms with van der Waals surface area (Å²) in [5.41, 5.74) is 7.82. The highest BCUT2D eigenvalue weighted by molar-refractivity contribution is 7.98. The van der Waals surface area contributed by atoms with Crippen molar-refractivity contribution in [3.63, 3.8) is 0 Å².